The first-order chi connectivity index (χ1) is 9.54. The molecule has 0 spiro atoms. The Morgan fingerprint density at radius 1 is 1.15 bits per heavy atom. The minimum Gasteiger partial charge on any atom is -0.310 e. The van der Waals surface area contributed by atoms with Gasteiger partial charge in [0.25, 0.3) is 0 Å². The molecule has 2 aromatic carbocycles. The summed E-state index contributed by atoms with van der Waals surface area (Å²) in [6, 6.07) is 13.5. The standard InChI is InChI=1S/C16H16BrClFN/c1-11(8-12-2-5-14(17)6-3-12)20-10-13-4-7-16(19)15(18)9-13/h2-7,9,11,20H,8,10H2,1H3. The fourth-order valence-corrected chi connectivity index (χ4v) is 2.46. The summed E-state index contributed by atoms with van der Waals surface area (Å²) in [5.74, 6) is -0.377. The van der Waals surface area contributed by atoms with Crippen LogP contribution in [0.4, 0.5) is 4.39 Å². The van der Waals surface area contributed by atoms with Crippen molar-refractivity contribution in [3.05, 3.63) is 68.9 Å². The van der Waals surface area contributed by atoms with E-state index in [4.69, 9.17) is 11.6 Å². The second-order valence-corrected chi connectivity index (χ2v) is 6.18. The molecule has 20 heavy (non-hydrogen) atoms. The molecule has 0 fully saturated rings. The highest BCUT2D eigenvalue weighted by Crippen LogP contribution is 2.16. The Labute approximate surface area is 132 Å². The van der Waals surface area contributed by atoms with Gasteiger partial charge in [0.2, 0.25) is 0 Å². The van der Waals surface area contributed by atoms with Crippen molar-refractivity contribution in [3.8, 4) is 0 Å². The molecule has 2 aromatic rings. The van der Waals surface area contributed by atoms with Crippen LogP contribution in [0.2, 0.25) is 5.02 Å². The monoisotopic (exact) mass is 355 g/mol. The van der Waals surface area contributed by atoms with Gasteiger partial charge >= 0.3 is 0 Å². The number of benzene rings is 2. The average Bonchev–Trinajstić information content (AvgIpc) is 2.43. The molecule has 4 heteroatoms. The predicted octanol–water partition coefficient (Wildman–Crippen LogP) is 4.96. The zero-order valence-electron chi connectivity index (χ0n) is 11.2. The molecular formula is C16H16BrClFN. The van der Waals surface area contributed by atoms with E-state index in [0.29, 0.717) is 12.6 Å². The quantitative estimate of drug-likeness (QED) is 0.798. The van der Waals surface area contributed by atoms with Crippen molar-refractivity contribution < 1.29 is 4.39 Å². The molecule has 0 saturated heterocycles. The fraction of sp³-hybridized carbons (Fsp3) is 0.250. The highest BCUT2D eigenvalue weighted by Gasteiger charge is 2.05. The van der Waals surface area contributed by atoms with Crippen molar-refractivity contribution in [3.63, 3.8) is 0 Å². The van der Waals surface area contributed by atoms with Gasteiger partial charge in [-0.2, -0.15) is 0 Å². The molecule has 0 bridgehead atoms. The lowest BCUT2D eigenvalue weighted by atomic mass is 10.1. The van der Waals surface area contributed by atoms with Gasteiger partial charge in [-0.1, -0.05) is 45.7 Å². The van der Waals surface area contributed by atoms with Gasteiger partial charge in [0, 0.05) is 17.1 Å². The lowest BCUT2D eigenvalue weighted by Gasteiger charge is -2.14. The number of hydrogen-bond acceptors (Lipinski definition) is 1. The Hall–Kier alpha value is -0.900. The first-order valence-corrected chi connectivity index (χ1v) is 7.63. The van der Waals surface area contributed by atoms with Crippen LogP contribution < -0.4 is 5.32 Å². The summed E-state index contributed by atoms with van der Waals surface area (Å²) in [6.45, 7) is 2.81. The van der Waals surface area contributed by atoms with Crippen molar-refractivity contribution in [1.29, 1.82) is 0 Å². The van der Waals surface area contributed by atoms with Crippen LogP contribution >= 0.6 is 27.5 Å². The van der Waals surface area contributed by atoms with Crippen molar-refractivity contribution in [2.45, 2.75) is 25.9 Å². The Kier molecular flexibility index (Phi) is 5.58. The summed E-state index contributed by atoms with van der Waals surface area (Å²) in [5.41, 5.74) is 2.27. The minimum atomic E-state index is -0.377. The molecule has 1 N–H and O–H groups in total. The van der Waals surface area contributed by atoms with E-state index < -0.39 is 0 Å². The molecule has 0 aromatic heterocycles. The molecular weight excluding hydrogens is 341 g/mol. The SMILES string of the molecule is CC(Cc1ccc(Br)cc1)NCc1ccc(F)c(Cl)c1. The van der Waals surface area contributed by atoms with Crippen LogP contribution in [0.3, 0.4) is 0 Å². The zero-order chi connectivity index (χ0) is 14.5. The molecule has 0 radical (unpaired) electrons. The molecule has 0 aliphatic carbocycles. The van der Waals surface area contributed by atoms with E-state index in [1.165, 1.54) is 11.6 Å². The Bertz CT molecular complexity index is 571. The van der Waals surface area contributed by atoms with Crippen molar-refractivity contribution in [1.82, 2.24) is 5.32 Å². The first kappa shape index (κ1) is 15.5. The molecule has 0 aliphatic rings. The van der Waals surface area contributed by atoms with E-state index in [9.17, 15) is 4.39 Å². The maximum atomic E-state index is 13.1. The molecule has 0 saturated carbocycles. The largest absolute Gasteiger partial charge is 0.310 e. The average molecular weight is 357 g/mol. The molecule has 1 unspecified atom stereocenters. The number of hydrogen-bond donors (Lipinski definition) is 1. The second-order valence-electron chi connectivity index (χ2n) is 4.86. The summed E-state index contributed by atoms with van der Waals surface area (Å²) >= 11 is 9.19. The van der Waals surface area contributed by atoms with E-state index in [1.54, 1.807) is 12.1 Å². The van der Waals surface area contributed by atoms with Gasteiger partial charge in [-0.05, 0) is 48.7 Å². The zero-order valence-corrected chi connectivity index (χ0v) is 13.5. The van der Waals surface area contributed by atoms with Crippen LogP contribution in [0, 0.1) is 5.82 Å². The van der Waals surface area contributed by atoms with Crippen LogP contribution in [0.15, 0.2) is 46.9 Å². The van der Waals surface area contributed by atoms with Crippen molar-refractivity contribution in [2.75, 3.05) is 0 Å². The van der Waals surface area contributed by atoms with Crippen LogP contribution in [0.25, 0.3) is 0 Å². The molecule has 0 aliphatic heterocycles. The third-order valence-electron chi connectivity index (χ3n) is 3.09. The Morgan fingerprint density at radius 3 is 2.45 bits per heavy atom. The van der Waals surface area contributed by atoms with E-state index in [0.717, 1.165) is 16.5 Å². The van der Waals surface area contributed by atoms with E-state index in [1.807, 2.05) is 12.1 Å². The molecule has 0 heterocycles. The highest BCUT2D eigenvalue weighted by molar-refractivity contribution is 9.10. The fourth-order valence-electron chi connectivity index (χ4n) is 1.99. The maximum absolute atomic E-state index is 13.1. The number of rotatable bonds is 5. The smallest absolute Gasteiger partial charge is 0.141 e. The van der Waals surface area contributed by atoms with Crippen LogP contribution in [-0.2, 0) is 13.0 Å². The molecule has 0 amide bonds. The normalized spacial score (nSPS) is 12.4. The van der Waals surface area contributed by atoms with Gasteiger partial charge in [0.15, 0.2) is 0 Å². The van der Waals surface area contributed by atoms with Gasteiger partial charge < -0.3 is 5.32 Å². The Balaban J connectivity index is 1.86. The summed E-state index contributed by atoms with van der Waals surface area (Å²) in [4.78, 5) is 0. The molecule has 1 nitrogen and oxygen atoms in total. The van der Waals surface area contributed by atoms with Gasteiger partial charge in [0.05, 0.1) is 5.02 Å². The third kappa shape index (κ3) is 4.58. The van der Waals surface area contributed by atoms with E-state index in [2.05, 4.69) is 40.3 Å². The summed E-state index contributed by atoms with van der Waals surface area (Å²) in [7, 11) is 0. The summed E-state index contributed by atoms with van der Waals surface area (Å²) in [6.07, 6.45) is 0.947. The van der Waals surface area contributed by atoms with Gasteiger partial charge in [-0.3, -0.25) is 0 Å². The third-order valence-corrected chi connectivity index (χ3v) is 3.91. The molecule has 106 valence electrons. The lowest BCUT2D eigenvalue weighted by molar-refractivity contribution is 0.544. The van der Waals surface area contributed by atoms with Crippen LogP contribution in [0.1, 0.15) is 18.1 Å². The lowest BCUT2D eigenvalue weighted by Crippen LogP contribution is -2.27. The second kappa shape index (κ2) is 7.21. The Morgan fingerprint density at radius 2 is 1.80 bits per heavy atom. The first-order valence-electron chi connectivity index (χ1n) is 6.46. The highest BCUT2D eigenvalue weighted by atomic mass is 79.9. The minimum absolute atomic E-state index is 0.171. The predicted molar refractivity (Wildman–Crippen MR) is 85.6 cm³/mol. The van der Waals surface area contributed by atoms with Gasteiger partial charge in [-0.15, -0.1) is 0 Å². The van der Waals surface area contributed by atoms with Gasteiger partial charge in [0.1, 0.15) is 5.82 Å². The van der Waals surface area contributed by atoms with Crippen molar-refractivity contribution >= 4 is 27.5 Å². The molecule has 1 atom stereocenters. The van der Waals surface area contributed by atoms with Gasteiger partial charge in [-0.25, -0.2) is 4.39 Å². The van der Waals surface area contributed by atoms with Crippen molar-refractivity contribution in [2.24, 2.45) is 0 Å². The van der Waals surface area contributed by atoms with Crippen LogP contribution in [0.5, 0.6) is 0 Å². The summed E-state index contributed by atoms with van der Waals surface area (Å²) < 4.78 is 14.1. The van der Waals surface area contributed by atoms with Crippen LogP contribution in [-0.4, -0.2) is 6.04 Å². The van der Waals surface area contributed by atoms with E-state index in [-0.39, 0.29) is 10.8 Å². The topological polar surface area (TPSA) is 12.0 Å². The maximum Gasteiger partial charge on any atom is 0.141 e. The summed E-state index contributed by atoms with van der Waals surface area (Å²) in [5, 5.41) is 3.59. The number of nitrogens with one attached hydrogen (secondary N) is 1. The number of halogens is 3. The van der Waals surface area contributed by atoms with E-state index >= 15 is 0 Å². The molecule has 2 rings (SSSR count).